The molecule has 7 heteroatoms. The van der Waals surface area contributed by atoms with Crippen molar-refractivity contribution in [1.82, 2.24) is 0 Å². The number of rotatable bonds is 4. The zero-order chi connectivity index (χ0) is 18.4. The number of methoxy groups -OCH3 is 1. The van der Waals surface area contributed by atoms with Gasteiger partial charge in [-0.25, -0.2) is 4.79 Å². The summed E-state index contributed by atoms with van der Waals surface area (Å²) < 4.78 is 4.61. The van der Waals surface area contributed by atoms with Crippen LogP contribution >= 0.6 is 23.2 Å². The van der Waals surface area contributed by atoms with E-state index < -0.39 is 11.9 Å². The molecule has 0 bridgehead atoms. The van der Waals surface area contributed by atoms with E-state index in [1.807, 2.05) is 6.07 Å². The first-order chi connectivity index (χ1) is 11.9. The Morgan fingerprint density at radius 1 is 1.12 bits per heavy atom. The van der Waals surface area contributed by atoms with Crippen LogP contribution in [0.25, 0.3) is 6.08 Å². The summed E-state index contributed by atoms with van der Waals surface area (Å²) >= 11 is 11.8. The molecule has 0 aliphatic rings. The van der Waals surface area contributed by atoms with Crippen LogP contribution in [0.3, 0.4) is 0 Å². The van der Waals surface area contributed by atoms with Crippen LogP contribution in [0, 0.1) is 11.3 Å². The van der Waals surface area contributed by atoms with Crippen molar-refractivity contribution < 1.29 is 14.3 Å². The van der Waals surface area contributed by atoms with Gasteiger partial charge in [0.25, 0.3) is 5.91 Å². The van der Waals surface area contributed by atoms with Crippen molar-refractivity contribution in [2.45, 2.75) is 0 Å². The molecule has 2 rings (SSSR count). The number of hydrogen-bond donors (Lipinski definition) is 1. The Morgan fingerprint density at radius 3 is 2.24 bits per heavy atom. The van der Waals surface area contributed by atoms with Gasteiger partial charge in [-0.15, -0.1) is 0 Å². The summed E-state index contributed by atoms with van der Waals surface area (Å²) in [5.41, 5.74) is 1.23. The molecule has 1 amide bonds. The fourth-order valence-corrected chi connectivity index (χ4v) is 2.50. The van der Waals surface area contributed by atoms with E-state index in [1.165, 1.54) is 31.4 Å². The van der Waals surface area contributed by atoms with E-state index in [0.29, 0.717) is 26.9 Å². The maximum Gasteiger partial charge on any atom is 0.337 e. The SMILES string of the molecule is COC(=O)c1ccc(/C=C(\C#N)C(=O)Nc2cc(Cl)cc(Cl)c2)cc1. The molecule has 2 aromatic carbocycles. The van der Waals surface area contributed by atoms with E-state index in [1.54, 1.807) is 24.3 Å². The highest BCUT2D eigenvalue weighted by Gasteiger charge is 2.11. The Hall–Kier alpha value is -2.81. The molecule has 0 atom stereocenters. The van der Waals surface area contributed by atoms with Gasteiger partial charge in [-0.05, 0) is 42.0 Å². The molecule has 0 unspecified atom stereocenters. The number of benzene rings is 2. The van der Waals surface area contributed by atoms with Gasteiger partial charge >= 0.3 is 5.97 Å². The minimum absolute atomic E-state index is 0.109. The molecule has 0 saturated heterocycles. The maximum absolute atomic E-state index is 12.2. The third-order valence-corrected chi connectivity index (χ3v) is 3.56. The topological polar surface area (TPSA) is 79.2 Å². The van der Waals surface area contributed by atoms with Gasteiger partial charge in [-0.3, -0.25) is 4.79 Å². The van der Waals surface area contributed by atoms with E-state index in [2.05, 4.69) is 10.1 Å². The lowest BCUT2D eigenvalue weighted by Crippen LogP contribution is -2.13. The van der Waals surface area contributed by atoms with Crippen molar-refractivity contribution in [3.8, 4) is 6.07 Å². The molecule has 2 aromatic rings. The molecule has 5 nitrogen and oxygen atoms in total. The highest BCUT2D eigenvalue weighted by atomic mass is 35.5. The standard InChI is InChI=1S/C18H12Cl2N2O3/c1-25-18(24)12-4-2-11(3-5-12)6-13(10-21)17(23)22-16-8-14(19)7-15(20)9-16/h2-9H,1H3,(H,22,23)/b13-6+. The second-order valence-corrected chi connectivity index (χ2v) is 5.77. The Morgan fingerprint density at radius 2 is 1.72 bits per heavy atom. The van der Waals surface area contributed by atoms with Crippen LogP contribution in [0.1, 0.15) is 15.9 Å². The molecular weight excluding hydrogens is 363 g/mol. The summed E-state index contributed by atoms with van der Waals surface area (Å²) in [6.45, 7) is 0. The molecule has 126 valence electrons. The number of carbonyl (C=O) groups excluding carboxylic acids is 2. The molecule has 0 fully saturated rings. The molecule has 0 radical (unpaired) electrons. The predicted octanol–water partition coefficient (Wildman–Crippen LogP) is 4.33. The first-order valence-electron chi connectivity index (χ1n) is 7.00. The predicted molar refractivity (Wildman–Crippen MR) is 96.5 cm³/mol. The number of anilines is 1. The molecule has 0 heterocycles. The zero-order valence-electron chi connectivity index (χ0n) is 13.0. The fourth-order valence-electron chi connectivity index (χ4n) is 1.97. The lowest BCUT2D eigenvalue weighted by molar-refractivity contribution is -0.112. The van der Waals surface area contributed by atoms with Crippen molar-refractivity contribution >= 4 is 46.8 Å². The van der Waals surface area contributed by atoms with Crippen molar-refractivity contribution in [2.24, 2.45) is 0 Å². The monoisotopic (exact) mass is 374 g/mol. The van der Waals surface area contributed by atoms with E-state index in [4.69, 9.17) is 23.2 Å². The van der Waals surface area contributed by atoms with Gasteiger partial charge in [0.2, 0.25) is 0 Å². The summed E-state index contributed by atoms with van der Waals surface area (Å²) in [6, 6.07) is 12.7. The van der Waals surface area contributed by atoms with Crippen LogP contribution in [0.15, 0.2) is 48.0 Å². The lowest BCUT2D eigenvalue weighted by atomic mass is 10.1. The Balaban J connectivity index is 2.20. The molecule has 0 aliphatic carbocycles. The lowest BCUT2D eigenvalue weighted by Gasteiger charge is -2.06. The third-order valence-electron chi connectivity index (χ3n) is 3.13. The number of nitrogens with one attached hydrogen (secondary N) is 1. The molecule has 25 heavy (non-hydrogen) atoms. The van der Waals surface area contributed by atoms with E-state index in [-0.39, 0.29) is 5.57 Å². The van der Waals surface area contributed by atoms with Gasteiger partial charge in [0.05, 0.1) is 12.7 Å². The normalized spacial score (nSPS) is 10.7. The summed E-state index contributed by atoms with van der Waals surface area (Å²) in [4.78, 5) is 23.6. The van der Waals surface area contributed by atoms with E-state index in [9.17, 15) is 14.9 Å². The van der Waals surface area contributed by atoms with E-state index in [0.717, 1.165) is 0 Å². The third kappa shape index (κ3) is 5.08. The van der Waals surface area contributed by atoms with Crippen LogP contribution in [-0.4, -0.2) is 19.0 Å². The smallest absolute Gasteiger partial charge is 0.337 e. The number of amides is 1. The summed E-state index contributed by atoms with van der Waals surface area (Å²) in [5.74, 6) is -1.07. The van der Waals surface area contributed by atoms with Crippen LogP contribution in [-0.2, 0) is 9.53 Å². The molecule has 1 N–H and O–H groups in total. The summed E-state index contributed by atoms with van der Waals surface area (Å²) in [7, 11) is 1.29. The average Bonchev–Trinajstić information content (AvgIpc) is 2.58. The van der Waals surface area contributed by atoms with Crippen molar-refractivity contribution in [2.75, 3.05) is 12.4 Å². The second kappa shape index (κ2) is 8.34. The molecule has 0 aliphatic heterocycles. The van der Waals surface area contributed by atoms with Gasteiger partial charge in [-0.1, -0.05) is 35.3 Å². The number of halogens is 2. The Labute approximate surface area is 154 Å². The minimum Gasteiger partial charge on any atom is -0.465 e. The number of esters is 1. The number of nitriles is 1. The van der Waals surface area contributed by atoms with Gasteiger partial charge in [0.15, 0.2) is 0 Å². The van der Waals surface area contributed by atoms with Crippen LogP contribution < -0.4 is 5.32 Å². The largest absolute Gasteiger partial charge is 0.465 e. The first-order valence-corrected chi connectivity index (χ1v) is 7.76. The van der Waals surface area contributed by atoms with Gasteiger partial charge in [0, 0.05) is 15.7 Å². The Bertz CT molecular complexity index is 864. The highest BCUT2D eigenvalue weighted by molar-refractivity contribution is 6.35. The van der Waals surface area contributed by atoms with Gasteiger partial charge in [-0.2, -0.15) is 5.26 Å². The van der Waals surface area contributed by atoms with Gasteiger partial charge in [0.1, 0.15) is 11.6 Å². The number of hydrogen-bond acceptors (Lipinski definition) is 4. The second-order valence-electron chi connectivity index (χ2n) is 4.90. The molecular formula is C18H12Cl2N2O3. The van der Waals surface area contributed by atoms with Crippen LogP contribution in [0.2, 0.25) is 10.0 Å². The number of nitrogens with zero attached hydrogens (tertiary/aromatic N) is 1. The first kappa shape index (κ1) is 18.5. The fraction of sp³-hybridized carbons (Fsp3) is 0.0556. The Kier molecular flexibility index (Phi) is 6.18. The number of ether oxygens (including phenoxy) is 1. The number of carbonyl (C=O) groups is 2. The summed E-state index contributed by atoms with van der Waals surface area (Å²) in [5, 5.41) is 12.5. The van der Waals surface area contributed by atoms with Crippen LogP contribution in [0.5, 0.6) is 0 Å². The average molecular weight is 375 g/mol. The molecule has 0 saturated carbocycles. The van der Waals surface area contributed by atoms with E-state index >= 15 is 0 Å². The maximum atomic E-state index is 12.2. The zero-order valence-corrected chi connectivity index (χ0v) is 14.6. The minimum atomic E-state index is -0.599. The molecule has 0 spiro atoms. The summed E-state index contributed by atoms with van der Waals surface area (Å²) in [6.07, 6.45) is 1.41. The van der Waals surface area contributed by atoms with Crippen LogP contribution in [0.4, 0.5) is 5.69 Å². The molecule has 0 aromatic heterocycles. The van der Waals surface area contributed by atoms with Gasteiger partial charge < -0.3 is 10.1 Å². The highest BCUT2D eigenvalue weighted by Crippen LogP contribution is 2.23. The van der Waals surface area contributed by atoms with Crippen molar-refractivity contribution in [1.29, 1.82) is 5.26 Å². The quantitative estimate of drug-likeness (QED) is 0.490. The van der Waals surface area contributed by atoms with Crippen molar-refractivity contribution in [3.05, 3.63) is 69.2 Å². The van der Waals surface area contributed by atoms with Crippen molar-refractivity contribution in [3.63, 3.8) is 0 Å².